The molecule has 0 amide bonds. The molecule has 0 saturated heterocycles. The number of carbonyl (C=O) groups is 1. The van der Waals surface area contributed by atoms with Crippen molar-refractivity contribution in [1.82, 2.24) is 0 Å². The summed E-state index contributed by atoms with van der Waals surface area (Å²) in [6, 6.07) is 9.91. The Morgan fingerprint density at radius 1 is 1.37 bits per heavy atom. The molecule has 1 aromatic carbocycles. The molecule has 1 aliphatic carbocycles. The Morgan fingerprint density at radius 2 is 2.11 bits per heavy atom. The molecule has 0 N–H and O–H groups in total. The lowest BCUT2D eigenvalue weighted by atomic mass is 9.77. The fourth-order valence-electron chi connectivity index (χ4n) is 3.06. The van der Waals surface area contributed by atoms with Crippen molar-refractivity contribution < 1.29 is 14.3 Å². The minimum Gasteiger partial charge on any atom is -0.468 e. The number of benzene rings is 1. The van der Waals surface area contributed by atoms with Crippen LogP contribution >= 0.6 is 0 Å². The van der Waals surface area contributed by atoms with E-state index in [0.29, 0.717) is 6.61 Å². The monoisotopic (exact) mass is 262 g/mol. The quantitative estimate of drug-likeness (QED) is 0.765. The summed E-state index contributed by atoms with van der Waals surface area (Å²) in [5.41, 5.74) is 0.394. The van der Waals surface area contributed by atoms with Crippen LogP contribution in [0.25, 0.3) is 0 Å². The van der Waals surface area contributed by atoms with Crippen LogP contribution in [-0.4, -0.2) is 25.8 Å². The molecule has 1 aromatic rings. The van der Waals surface area contributed by atoms with Gasteiger partial charge in [0.2, 0.25) is 0 Å². The number of carbonyl (C=O) groups excluding carboxylic acids is 1. The molecule has 0 spiro atoms. The van der Waals surface area contributed by atoms with Crippen LogP contribution in [-0.2, 0) is 19.7 Å². The zero-order valence-electron chi connectivity index (χ0n) is 11.7. The van der Waals surface area contributed by atoms with Gasteiger partial charge in [0, 0.05) is 6.61 Å². The van der Waals surface area contributed by atoms with Crippen molar-refractivity contribution in [3.05, 3.63) is 35.9 Å². The SMILES string of the molecule is CCCOC1CCCC1(C(=O)OC)c1ccccc1. The second kappa shape index (κ2) is 6.20. The molecule has 0 heterocycles. The first-order valence-corrected chi connectivity index (χ1v) is 7.01. The average molecular weight is 262 g/mol. The second-order valence-corrected chi connectivity index (χ2v) is 5.08. The average Bonchev–Trinajstić information content (AvgIpc) is 2.90. The molecule has 2 unspecified atom stereocenters. The minimum atomic E-state index is -0.620. The second-order valence-electron chi connectivity index (χ2n) is 5.08. The Kier molecular flexibility index (Phi) is 4.59. The molecule has 19 heavy (non-hydrogen) atoms. The Hall–Kier alpha value is -1.35. The fourth-order valence-corrected chi connectivity index (χ4v) is 3.06. The lowest BCUT2D eigenvalue weighted by Gasteiger charge is -2.33. The van der Waals surface area contributed by atoms with Crippen molar-refractivity contribution in [3.8, 4) is 0 Å². The van der Waals surface area contributed by atoms with Crippen LogP contribution in [0.1, 0.15) is 38.2 Å². The number of rotatable bonds is 5. The van der Waals surface area contributed by atoms with E-state index in [0.717, 1.165) is 31.2 Å². The van der Waals surface area contributed by atoms with E-state index in [1.807, 2.05) is 30.3 Å². The Labute approximate surface area is 114 Å². The van der Waals surface area contributed by atoms with E-state index in [2.05, 4.69) is 6.92 Å². The van der Waals surface area contributed by atoms with Crippen LogP contribution < -0.4 is 0 Å². The maximum Gasteiger partial charge on any atom is 0.318 e. The molecule has 2 rings (SSSR count). The van der Waals surface area contributed by atoms with Gasteiger partial charge in [-0.25, -0.2) is 0 Å². The standard InChI is InChI=1S/C16H22O3/c1-3-12-19-14-10-7-11-16(14,15(17)18-2)13-8-5-4-6-9-13/h4-6,8-9,14H,3,7,10-12H2,1-2H3. The number of methoxy groups -OCH3 is 1. The van der Waals surface area contributed by atoms with E-state index in [1.165, 1.54) is 7.11 Å². The Balaban J connectivity index is 2.37. The highest BCUT2D eigenvalue weighted by molar-refractivity contribution is 5.84. The van der Waals surface area contributed by atoms with Gasteiger partial charge in [0.05, 0.1) is 13.2 Å². The maximum absolute atomic E-state index is 12.4. The number of hydrogen-bond donors (Lipinski definition) is 0. The van der Waals surface area contributed by atoms with Gasteiger partial charge in [0.25, 0.3) is 0 Å². The summed E-state index contributed by atoms with van der Waals surface area (Å²) in [6.45, 7) is 2.77. The summed E-state index contributed by atoms with van der Waals surface area (Å²) in [7, 11) is 1.46. The molecular weight excluding hydrogens is 240 g/mol. The third-order valence-electron chi connectivity index (χ3n) is 3.95. The van der Waals surface area contributed by atoms with Gasteiger partial charge in [-0.05, 0) is 31.2 Å². The summed E-state index contributed by atoms with van der Waals surface area (Å²) >= 11 is 0. The Bertz CT molecular complexity index is 415. The van der Waals surface area contributed by atoms with E-state index >= 15 is 0 Å². The smallest absolute Gasteiger partial charge is 0.318 e. The van der Waals surface area contributed by atoms with E-state index in [9.17, 15) is 4.79 Å². The largest absolute Gasteiger partial charge is 0.468 e. The fraction of sp³-hybridized carbons (Fsp3) is 0.562. The summed E-state index contributed by atoms with van der Waals surface area (Å²) in [5, 5.41) is 0. The highest BCUT2D eigenvalue weighted by Crippen LogP contribution is 2.44. The number of esters is 1. The highest BCUT2D eigenvalue weighted by atomic mass is 16.5. The van der Waals surface area contributed by atoms with Crippen molar-refractivity contribution >= 4 is 5.97 Å². The van der Waals surface area contributed by atoms with Gasteiger partial charge in [-0.3, -0.25) is 4.79 Å². The van der Waals surface area contributed by atoms with Gasteiger partial charge in [-0.2, -0.15) is 0 Å². The number of hydrogen-bond acceptors (Lipinski definition) is 3. The molecule has 2 atom stereocenters. The topological polar surface area (TPSA) is 35.5 Å². The van der Waals surface area contributed by atoms with E-state index in [4.69, 9.17) is 9.47 Å². The number of ether oxygens (including phenoxy) is 2. The van der Waals surface area contributed by atoms with E-state index < -0.39 is 5.41 Å². The van der Waals surface area contributed by atoms with Gasteiger partial charge < -0.3 is 9.47 Å². The molecule has 1 fully saturated rings. The molecule has 0 aromatic heterocycles. The first-order valence-electron chi connectivity index (χ1n) is 7.01. The van der Waals surface area contributed by atoms with Crippen LogP contribution in [0.5, 0.6) is 0 Å². The van der Waals surface area contributed by atoms with Gasteiger partial charge in [-0.15, -0.1) is 0 Å². The minimum absolute atomic E-state index is 0.0673. The van der Waals surface area contributed by atoms with Gasteiger partial charge in [0.15, 0.2) is 0 Å². The predicted molar refractivity (Wildman–Crippen MR) is 74.0 cm³/mol. The molecule has 3 heteroatoms. The van der Waals surface area contributed by atoms with Gasteiger partial charge in [-0.1, -0.05) is 37.3 Å². The maximum atomic E-state index is 12.4. The molecule has 1 aliphatic rings. The van der Waals surface area contributed by atoms with Crippen LogP contribution in [0, 0.1) is 0 Å². The lowest BCUT2D eigenvalue weighted by Crippen LogP contribution is -2.45. The third-order valence-corrected chi connectivity index (χ3v) is 3.95. The first kappa shape index (κ1) is 14.1. The molecule has 3 nitrogen and oxygen atoms in total. The van der Waals surface area contributed by atoms with Crippen LogP contribution in [0.15, 0.2) is 30.3 Å². The zero-order valence-corrected chi connectivity index (χ0v) is 11.7. The van der Waals surface area contributed by atoms with Crippen molar-refractivity contribution in [2.75, 3.05) is 13.7 Å². The van der Waals surface area contributed by atoms with Crippen molar-refractivity contribution in [1.29, 1.82) is 0 Å². The normalized spacial score (nSPS) is 26.3. The van der Waals surface area contributed by atoms with Crippen LogP contribution in [0.3, 0.4) is 0 Å². The van der Waals surface area contributed by atoms with Crippen LogP contribution in [0.2, 0.25) is 0 Å². The van der Waals surface area contributed by atoms with Crippen LogP contribution in [0.4, 0.5) is 0 Å². The summed E-state index contributed by atoms with van der Waals surface area (Å²) in [6.07, 6.45) is 3.62. The molecule has 0 radical (unpaired) electrons. The van der Waals surface area contributed by atoms with E-state index in [-0.39, 0.29) is 12.1 Å². The Morgan fingerprint density at radius 3 is 2.74 bits per heavy atom. The highest BCUT2D eigenvalue weighted by Gasteiger charge is 2.52. The molecule has 0 aliphatic heterocycles. The predicted octanol–water partition coefficient (Wildman–Crippen LogP) is 3.08. The summed E-state index contributed by atoms with van der Waals surface area (Å²) in [4.78, 5) is 12.4. The third kappa shape index (κ3) is 2.52. The zero-order chi connectivity index (χ0) is 13.7. The van der Waals surface area contributed by atoms with Crippen molar-refractivity contribution in [2.45, 2.75) is 44.1 Å². The first-order chi connectivity index (χ1) is 9.25. The molecule has 104 valence electrons. The molecular formula is C16H22O3. The van der Waals surface area contributed by atoms with E-state index in [1.54, 1.807) is 0 Å². The van der Waals surface area contributed by atoms with Crippen molar-refractivity contribution in [2.24, 2.45) is 0 Å². The lowest BCUT2D eigenvalue weighted by molar-refractivity contribution is -0.153. The summed E-state index contributed by atoms with van der Waals surface area (Å²) in [5.74, 6) is -0.169. The molecule has 0 bridgehead atoms. The summed E-state index contributed by atoms with van der Waals surface area (Å²) < 4.78 is 11.0. The van der Waals surface area contributed by atoms with Gasteiger partial charge >= 0.3 is 5.97 Å². The van der Waals surface area contributed by atoms with Crippen molar-refractivity contribution in [3.63, 3.8) is 0 Å². The molecule has 1 saturated carbocycles. The van der Waals surface area contributed by atoms with Gasteiger partial charge in [0.1, 0.15) is 5.41 Å².